The molecule has 1 amide bonds. The van der Waals surface area contributed by atoms with Crippen LogP contribution in [0.5, 0.6) is 0 Å². The second kappa shape index (κ2) is 19.6. The smallest absolute Gasteiger partial charge is 0.317 e. The van der Waals surface area contributed by atoms with Crippen LogP contribution < -0.4 is 27.0 Å². The SMILES string of the molecule is CCCCCNc1c(NCCONC(=O)CN2CCN(CC(=O)O)CCN(CC(=O)O)CCN(CC(=O)O)CC2)c(=O)c1=O. The summed E-state index contributed by atoms with van der Waals surface area (Å²) in [5.74, 6) is -3.59. The quantitative estimate of drug-likeness (QED) is 0.0578. The summed E-state index contributed by atoms with van der Waals surface area (Å²) in [6, 6.07) is 0. The number of unbranched alkanes of at least 4 members (excludes halogenated alkanes) is 2. The van der Waals surface area contributed by atoms with Gasteiger partial charge in [-0.05, 0) is 6.42 Å². The second-order valence-corrected chi connectivity index (χ2v) is 10.6. The average Bonchev–Trinajstić information content (AvgIpc) is 2.95. The fourth-order valence-electron chi connectivity index (χ4n) is 4.70. The Morgan fingerprint density at radius 2 is 1.02 bits per heavy atom. The summed E-state index contributed by atoms with van der Waals surface area (Å²) >= 11 is 0. The number of carboxylic acids is 3. The fraction of sp³-hybridized carbons (Fsp3) is 0.704. The third-order valence-electron chi connectivity index (χ3n) is 7.06. The van der Waals surface area contributed by atoms with E-state index in [1.54, 1.807) is 19.6 Å². The third-order valence-corrected chi connectivity index (χ3v) is 7.06. The Balaban J connectivity index is 1.90. The molecule has 0 aliphatic carbocycles. The van der Waals surface area contributed by atoms with E-state index in [-0.39, 0.29) is 90.0 Å². The lowest BCUT2D eigenvalue weighted by atomic mass is 10.1. The number of hydroxylamine groups is 1. The van der Waals surface area contributed by atoms with Gasteiger partial charge in [0.05, 0.1) is 32.8 Å². The lowest BCUT2D eigenvalue weighted by Gasteiger charge is -2.32. The van der Waals surface area contributed by atoms with Gasteiger partial charge < -0.3 is 26.0 Å². The van der Waals surface area contributed by atoms with Gasteiger partial charge in [-0.15, -0.1) is 0 Å². The van der Waals surface area contributed by atoms with Crippen LogP contribution in [0.3, 0.4) is 0 Å². The minimum absolute atomic E-state index is 0.00540. The summed E-state index contributed by atoms with van der Waals surface area (Å²) in [6.45, 7) is 4.16. The first kappa shape index (κ1) is 36.6. The van der Waals surface area contributed by atoms with Gasteiger partial charge in [-0.1, -0.05) is 19.8 Å². The highest BCUT2D eigenvalue weighted by molar-refractivity contribution is 5.77. The number of nitrogens with zero attached hydrogens (tertiary/aromatic N) is 4. The molecule has 0 atom stereocenters. The number of carbonyl (C=O) groups excluding carboxylic acids is 1. The summed E-state index contributed by atoms with van der Waals surface area (Å²) < 4.78 is 0. The summed E-state index contributed by atoms with van der Waals surface area (Å²) in [5.41, 5.74) is 1.62. The molecule has 248 valence electrons. The molecule has 0 aromatic heterocycles. The first-order valence-electron chi connectivity index (χ1n) is 14.8. The molecule has 1 aromatic rings. The summed E-state index contributed by atoms with van der Waals surface area (Å²) in [7, 11) is 0. The van der Waals surface area contributed by atoms with Crippen molar-refractivity contribution >= 4 is 35.2 Å². The highest BCUT2D eigenvalue weighted by atomic mass is 16.7. The van der Waals surface area contributed by atoms with Crippen LogP contribution in [0.2, 0.25) is 0 Å². The van der Waals surface area contributed by atoms with E-state index in [0.717, 1.165) is 19.3 Å². The van der Waals surface area contributed by atoms with Gasteiger partial charge in [0.25, 0.3) is 16.8 Å². The molecule has 6 N–H and O–H groups in total. The molecule has 1 fully saturated rings. The van der Waals surface area contributed by atoms with E-state index < -0.39 is 34.7 Å². The van der Waals surface area contributed by atoms with Crippen LogP contribution >= 0.6 is 0 Å². The van der Waals surface area contributed by atoms with Gasteiger partial charge in [0.2, 0.25) is 0 Å². The maximum Gasteiger partial charge on any atom is 0.317 e. The zero-order valence-electron chi connectivity index (χ0n) is 25.2. The molecule has 2 rings (SSSR count). The number of nitrogens with one attached hydrogen (secondary N) is 3. The molecule has 17 heteroatoms. The number of hydrogen-bond donors (Lipinski definition) is 6. The van der Waals surface area contributed by atoms with E-state index in [4.69, 9.17) is 4.84 Å². The van der Waals surface area contributed by atoms with E-state index in [0.29, 0.717) is 19.6 Å². The molecule has 0 bridgehead atoms. The molecule has 1 saturated heterocycles. The first-order valence-corrected chi connectivity index (χ1v) is 14.8. The molecule has 1 aliphatic heterocycles. The largest absolute Gasteiger partial charge is 0.480 e. The molecular weight excluding hydrogens is 582 g/mol. The van der Waals surface area contributed by atoms with E-state index in [1.807, 2.05) is 0 Å². The Hall–Kier alpha value is -3.64. The van der Waals surface area contributed by atoms with Gasteiger partial charge in [-0.3, -0.25) is 53.2 Å². The van der Waals surface area contributed by atoms with Crippen LogP contribution in [0.4, 0.5) is 11.4 Å². The maximum atomic E-state index is 12.6. The van der Waals surface area contributed by atoms with Crippen LogP contribution in [0, 0.1) is 0 Å². The van der Waals surface area contributed by atoms with Crippen LogP contribution in [-0.2, 0) is 24.0 Å². The predicted molar refractivity (Wildman–Crippen MR) is 161 cm³/mol. The van der Waals surface area contributed by atoms with Gasteiger partial charge in [-0.25, -0.2) is 5.48 Å². The number of rotatable bonds is 18. The molecule has 44 heavy (non-hydrogen) atoms. The van der Waals surface area contributed by atoms with Gasteiger partial charge in [0.1, 0.15) is 11.4 Å². The number of hydrogen-bond acceptors (Lipinski definition) is 13. The zero-order chi connectivity index (χ0) is 32.5. The van der Waals surface area contributed by atoms with Crippen molar-refractivity contribution in [1.82, 2.24) is 25.1 Å². The monoisotopic (exact) mass is 627 g/mol. The van der Waals surface area contributed by atoms with E-state index in [2.05, 4.69) is 23.0 Å². The number of carbonyl (C=O) groups is 4. The second-order valence-electron chi connectivity index (χ2n) is 10.6. The summed E-state index contributed by atoms with van der Waals surface area (Å²) in [4.78, 5) is 82.5. The van der Waals surface area contributed by atoms with Crippen molar-refractivity contribution in [3.05, 3.63) is 20.4 Å². The lowest BCUT2D eigenvalue weighted by molar-refractivity contribution is -0.141. The van der Waals surface area contributed by atoms with Crippen molar-refractivity contribution < 1.29 is 39.3 Å². The van der Waals surface area contributed by atoms with Crippen LogP contribution in [0.1, 0.15) is 26.2 Å². The van der Waals surface area contributed by atoms with Crippen molar-refractivity contribution in [2.75, 3.05) is 109 Å². The molecule has 1 heterocycles. The minimum atomic E-state index is -1.04. The standard InChI is InChI=1S/C27H45N7O10/c1-2-3-4-5-28-24-25(27(43)26(24)42)29-6-15-44-30-20(35)16-31-7-9-32(17-21(36)37)11-13-34(19-23(40)41)14-12-33(10-8-31)18-22(38)39/h28-29H,2-19H2,1H3,(H,30,35)(H,36,37)(H,38,39)(H,40,41). The van der Waals surface area contributed by atoms with Gasteiger partial charge in [0.15, 0.2) is 0 Å². The number of aliphatic carboxylic acids is 3. The molecule has 17 nitrogen and oxygen atoms in total. The van der Waals surface area contributed by atoms with Gasteiger partial charge in [0, 0.05) is 65.4 Å². The van der Waals surface area contributed by atoms with Crippen molar-refractivity contribution in [2.45, 2.75) is 26.2 Å². The normalized spacial score (nSPS) is 16.6. The first-order chi connectivity index (χ1) is 21.0. The Morgan fingerprint density at radius 1 is 0.636 bits per heavy atom. The van der Waals surface area contributed by atoms with Crippen molar-refractivity contribution in [2.24, 2.45) is 0 Å². The third kappa shape index (κ3) is 13.8. The van der Waals surface area contributed by atoms with Crippen LogP contribution in [0.25, 0.3) is 0 Å². The van der Waals surface area contributed by atoms with E-state index >= 15 is 0 Å². The number of carboxylic acid groups (broad SMARTS) is 3. The topological polar surface area (TPSA) is 221 Å². The molecule has 0 saturated carbocycles. The molecule has 0 radical (unpaired) electrons. The van der Waals surface area contributed by atoms with E-state index in [9.17, 15) is 44.1 Å². The van der Waals surface area contributed by atoms with Crippen molar-refractivity contribution in [3.63, 3.8) is 0 Å². The highest BCUT2D eigenvalue weighted by Crippen LogP contribution is 2.14. The Morgan fingerprint density at radius 3 is 1.41 bits per heavy atom. The molecule has 0 spiro atoms. The van der Waals surface area contributed by atoms with Crippen LogP contribution in [0.15, 0.2) is 9.59 Å². The number of anilines is 2. The Bertz CT molecular complexity index is 1120. The Labute approximate surface area is 255 Å². The van der Waals surface area contributed by atoms with Gasteiger partial charge in [-0.2, -0.15) is 0 Å². The molecular formula is C27H45N7O10. The van der Waals surface area contributed by atoms with Gasteiger partial charge >= 0.3 is 17.9 Å². The average molecular weight is 628 g/mol. The molecule has 1 aliphatic rings. The van der Waals surface area contributed by atoms with Crippen LogP contribution in [-0.4, -0.2) is 157 Å². The number of amides is 1. The minimum Gasteiger partial charge on any atom is -0.480 e. The van der Waals surface area contributed by atoms with Crippen molar-refractivity contribution in [3.8, 4) is 0 Å². The van der Waals surface area contributed by atoms with Crippen molar-refractivity contribution in [1.29, 1.82) is 0 Å². The zero-order valence-corrected chi connectivity index (χ0v) is 25.2. The predicted octanol–water partition coefficient (Wildman–Crippen LogP) is -2.18. The molecule has 1 aromatic carbocycles. The molecule has 0 unspecified atom stereocenters. The summed E-state index contributed by atoms with van der Waals surface area (Å²) in [5, 5.41) is 33.8. The fourth-order valence-corrected chi connectivity index (χ4v) is 4.70. The summed E-state index contributed by atoms with van der Waals surface area (Å²) in [6.07, 6.45) is 2.91. The van der Waals surface area contributed by atoms with E-state index in [1.165, 1.54) is 0 Å². The highest BCUT2D eigenvalue weighted by Gasteiger charge is 2.22. The lowest BCUT2D eigenvalue weighted by Crippen LogP contribution is -2.49. The Kier molecular flexibility index (Phi) is 16.3. The maximum absolute atomic E-state index is 12.6.